The van der Waals surface area contributed by atoms with Gasteiger partial charge in [0.1, 0.15) is 0 Å². The highest BCUT2D eigenvalue weighted by molar-refractivity contribution is 7.99. The maximum Gasteiger partial charge on any atom is 0.229 e. The Labute approximate surface area is 97.6 Å². The molecule has 0 heterocycles. The summed E-state index contributed by atoms with van der Waals surface area (Å²) in [6.07, 6.45) is 3.16. The van der Waals surface area contributed by atoms with Gasteiger partial charge in [-0.3, -0.25) is 4.79 Å². The summed E-state index contributed by atoms with van der Waals surface area (Å²) in [5.74, 6) is 2.55. The van der Waals surface area contributed by atoms with Gasteiger partial charge >= 0.3 is 0 Å². The topological polar surface area (TPSA) is 55.1 Å². The molecule has 1 amide bonds. The Kier molecular flexibility index (Phi) is 10.2. The van der Waals surface area contributed by atoms with Crippen LogP contribution in [-0.4, -0.2) is 30.5 Å². The van der Waals surface area contributed by atoms with Crippen LogP contribution in [0, 0.1) is 5.92 Å². The lowest BCUT2D eigenvalue weighted by Gasteiger charge is -2.05. The zero-order valence-corrected chi connectivity index (χ0v) is 10.7. The summed E-state index contributed by atoms with van der Waals surface area (Å²) in [6.45, 7) is 5.88. The first-order valence-corrected chi connectivity index (χ1v) is 6.86. The van der Waals surface area contributed by atoms with Crippen molar-refractivity contribution in [2.45, 2.75) is 33.1 Å². The Morgan fingerprint density at radius 1 is 1.40 bits per heavy atom. The van der Waals surface area contributed by atoms with Crippen LogP contribution >= 0.6 is 11.8 Å². The third kappa shape index (κ3) is 11.7. The van der Waals surface area contributed by atoms with Gasteiger partial charge in [-0.25, -0.2) is 0 Å². The summed E-state index contributed by atoms with van der Waals surface area (Å²) in [5, 5.41) is 2.89. The number of thioether (sulfide) groups is 1. The zero-order valence-electron chi connectivity index (χ0n) is 9.92. The van der Waals surface area contributed by atoms with E-state index in [0.717, 1.165) is 31.1 Å². The monoisotopic (exact) mass is 232 g/mol. The second-order valence-corrected chi connectivity index (χ2v) is 5.19. The van der Waals surface area contributed by atoms with Crippen LogP contribution in [0.1, 0.15) is 33.1 Å². The van der Waals surface area contributed by atoms with Gasteiger partial charge in [0.15, 0.2) is 0 Å². The quantitative estimate of drug-likeness (QED) is 0.594. The first-order chi connectivity index (χ1) is 7.16. The van der Waals surface area contributed by atoms with E-state index in [4.69, 9.17) is 5.73 Å². The van der Waals surface area contributed by atoms with Gasteiger partial charge in [0, 0.05) is 6.54 Å². The molecule has 4 heteroatoms. The van der Waals surface area contributed by atoms with Crippen LogP contribution in [0.2, 0.25) is 0 Å². The largest absolute Gasteiger partial charge is 0.355 e. The lowest BCUT2D eigenvalue weighted by atomic mass is 10.2. The summed E-state index contributed by atoms with van der Waals surface area (Å²) in [7, 11) is 0. The van der Waals surface area contributed by atoms with Crippen LogP contribution in [0.15, 0.2) is 0 Å². The van der Waals surface area contributed by atoms with Crippen molar-refractivity contribution in [2.75, 3.05) is 24.6 Å². The Hall–Kier alpha value is -0.220. The van der Waals surface area contributed by atoms with Gasteiger partial charge in [0.2, 0.25) is 5.91 Å². The highest BCUT2D eigenvalue weighted by atomic mass is 32.2. The van der Waals surface area contributed by atoms with Crippen molar-refractivity contribution in [1.82, 2.24) is 5.32 Å². The van der Waals surface area contributed by atoms with Gasteiger partial charge in [-0.2, -0.15) is 11.8 Å². The molecule has 0 aromatic carbocycles. The van der Waals surface area contributed by atoms with Gasteiger partial charge < -0.3 is 11.1 Å². The predicted molar refractivity (Wildman–Crippen MR) is 68.1 cm³/mol. The zero-order chi connectivity index (χ0) is 11.5. The summed E-state index contributed by atoms with van der Waals surface area (Å²) >= 11 is 1.72. The molecule has 3 nitrogen and oxygen atoms in total. The predicted octanol–water partition coefficient (Wildman–Crippen LogP) is 1.62. The highest BCUT2D eigenvalue weighted by Crippen LogP contribution is 2.07. The molecule has 0 unspecified atom stereocenters. The molecule has 0 fully saturated rings. The van der Waals surface area contributed by atoms with E-state index in [1.165, 1.54) is 6.42 Å². The minimum atomic E-state index is 0.153. The molecule has 15 heavy (non-hydrogen) atoms. The second kappa shape index (κ2) is 10.3. The Morgan fingerprint density at radius 2 is 2.13 bits per heavy atom. The van der Waals surface area contributed by atoms with Crippen molar-refractivity contribution < 1.29 is 4.79 Å². The average Bonchev–Trinajstić information content (AvgIpc) is 2.19. The molecule has 90 valence electrons. The molecular formula is C11H24N2OS. The minimum Gasteiger partial charge on any atom is -0.355 e. The summed E-state index contributed by atoms with van der Waals surface area (Å²) < 4.78 is 0. The summed E-state index contributed by atoms with van der Waals surface area (Å²) in [5.41, 5.74) is 5.36. The normalized spacial score (nSPS) is 10.7. The first kappa shape index (κ1) is 14.8. The summed E-state index contributed by atoms with van der Waals surface area (Å²) in [4.78, 5) is 11.3. The molecule has 0 radical (unpaired) electrons. The van der Waals surface area contributed by atoms with Gasteiger partial charge in [-0.15, -0.1) is 0 Å². The summed E-state index contributed by atoms with van der Waals surface area (Å²) in [6, 6.07) is 0. The second-order valence-electron chi connectivity index (χ2n) is 4.08. The number of carbonyl (C=O) groups is 1. The van der Waals surface area contributed by atoms with Crippen LogP contribution in [0.4, 0.5) is 0 Å². The van der Waals surface area contributed by atoms with Crippen LogP contribution in [0.25, 0.3) is 0 Å². The van der Waals surface area contributed by atoms with Crippen molar-refractivity contribution in [2.24, 2.45) is 11.7 Å². The number of hydrogen-bond acceptors (Lipinski definition) is 3. The maximum absolute atomic E-state index is 11.3. The molecule has 0 spiro atoms. The highest BCUT2D eigenvalue weighted by Gasteiger charge is 2.01. The molecule has 0 rings (SSSR count). The standard InChI is InChI=1S/C11H24N2OS/c1-10(2)5-8-15-9-11(14)13-7-4-3-6-12/h10H,3-9,12H2,1-2H3,(H,13,14). The molecule has 0 aromatic heterocycles. The van der Waals surface area contributed by atoms with Crippen molar-refractivity contribution >= 4 is 17.7 Å². The van der Waals surface area contributed by atoms with Gasteiger partial charge in [-0.05, 0) is 37.5 Å². The number of carbonyl (C=O) groups excluding carboxylic acids is 1. The number of nitrogens with two attached hydrogens (primary N) is 1. The van der Waals surface area contributed by atoms with Gasteiger partial charge in [0.25, 0.3) is 0 Å². The molecular weight excluding hydrogens is 208 g/mol. The van der Waals surface area contributed by atoms with Crippen LogP contribution < -0.4 is 11.1 Å². The maximum atomic E-state index is 11.3. The van der Waals surface area contributed by atoms with Crippen LogP contribution in [-0.2, 0) is 4.79 Å². The van der Waals surface area contributed by atoms with E-state index in [1.807, 2.05) is 0 Å². The Bertz CT molecular complexity index is 163. The molecule has 0 atom stereocenters. The fourth-order valence-corrected chi connectivity index (χ4v) is 2.10. The van der Waals surface area contributed by atoms with E-state index in [9.17, 15) is 4.79 Å². The fraction of sp³-hybridized carbons (Fsp3) is 0.909. The van der Waals surface area contributed by atoms with Gasteiger partial charge in [0.05, 0.1) is 5.75 Å². The van der Waals surface area contributed by atoms with Gasteiger partial charge in [-0.1, -0.05) is 13.8 Å². The fourth-order valence-electron chi connectivity index (χ4n) is 1.03. The lowest BCUT2D eigenvalue weighted by Crippen LogP contribution is -2.26. The average molecular weight is 232 g/mol. The number of nitrogens with one attached hydrogen (secondary N) is 1. The van der Waals surface area contributed by atoms with Crippen LogP contribution in [0.5, 0.6) is 0 Å². The van der Waals surface area contributed by atoms with E-state index in [-0.39, 0.29) is 5.91 Å². The number of unbranched alkanes of at least 4 members (excludes halogenated alkanes) is 1. The molecule has 0 aliphatic carbocycles. The van der Waals surface area contributed by atoms with Crippen molar-refractivity contribution in [3.63, 3.8) is 0 Å². The number of amides is 1. The van der Waals surface area contributed by atoms with E-state index >= 15 is 0 Å². The molecule has 0 saturated heterocycles. The first-order valence-electron chi connectivity index (χ1n) is 5.71. The SMILES string of the molecule is CC(C)CCSCC(=O)NCCCCN. The minimum absolute atomic E-state index is 0.153. The molecule has 0 bridgehead atoms. The third-order valence-electron chi connectivity index (χ3n) is 2.03. The molecule has 0 aromatic rings. The smallest absolute Gasteiger partial charge is 0.229 e. The molecule has 0 aliphatic heterocycles. The van der Waals surface area contributed by atoms with E-state index in [2.05, 4.69) is 19.2 Å². The molecule has 0 saturated carbocycles. The third-order valence-corrected chi connectivity index (χ3v) is 3.02. The Balaban J connectivity index is 3.19. The molecule has 0 aliphatic rings. The van der Waals surface area contributed by atoms with E-state index in [0.29, 0.717) is 12.3 Å². The Morgan fingerprint density at radius 3 is 2.73 bits per heavy atom. The number of hydrogen-bond donors (Lipinski definition) is 2. The van der Waals surface area contributed by atoms with Crippen molar-refractivity contribution in [1.29, 1.82) is 0 Å². The molecule has 3 N–H and O–H groups in total. The number of rotatable bonds is 9. The van der Waals surface area contributed by atoms with Crippen molar-refractivity contribution in [3.8, 4) is 0 Å². The lowest BCUT2D eigenvalue weighted by molar-refractivity contribution is -0.118. The van der Waals surface area contributed by atoms with Crippen LogP contribution in [0.3, 0.4) is 0 Å². The van der Waals surface area contributed by atoms with E-state index < -0.39 is 0 Å². The van der Waals surface area contributed by atoms with E-state index in [1.54, 1.807) is 11.8 Å². The van der Waals surface area contributed by atoms with Crippen molar-refractivity contribution in [3.05, 3.63) is 0 Å².